The smallest absolute Gasteiger partial charge is 0.215 e. The second kappa shape index (κ2) is 6.32. The summed E-state index contributed by atoms with van der Waals surface area (Å²) in [4.78, 5) is 0. The first-order valence-corrected chi connectivity index (χ1v) is 5.01. The van der Waals surface area contributed by atoms with Crippen LogP contribution in [-0.4, -0.2) is 8.42 Å². The van der Waals surface area contributed by atoms with E-state index in [1.807, 2.05) is 0 Å². The minimum absolute atomic E-state index is 1.32. The minimum atomic E-state index is -3.69. The van der Waals surface area contributed by atoms with Crippen LogP contribution >= 0.6 is 10.7 Å². The Bertz CT molecular complexity index is 122. The zero-order valence-electron chi connectivity index (χ0n) is 5.59. The van der Waals surface area contributed by atoms with Gasteiger partial charge in [-0.05, 0) is 0 Å². The lowest BCUT2D eigenvalue weighted by Gasteiger charge is -1.68. The molecule has 2 N–H and O–H groups in total. The Hall–Kier alpha value is 0.200. The number of halogens is 1. The molecule has 0 saturated heterocycles. The summed E-state index contributed by atoms with van der Waals surface area (Å²) >= 11 is 0. The van der Waals surface area contributed by atoms with Gasteiger partial charge in [-0.15, -0.1) is 0 Å². The Morgan fingerprint density at radius 1 is 1.33 bits per heavy atom. The van der Waals surface area contributed by atoms with Gasteiger partial charge >= 0.3 is 0 Å². The van der Waals surface area contributed by atoms with Gasteiger partial charge < -0.3 is 0 Å². The fraction of sp³-hybridized carbons (Fsp3) is 1.00. The first kappa shape index (κ1) is 11.9. The molecule has 0 aromatic carbocycles. The molecular weight excluding hydrogens is 162 g/mol. The molecule has 0 aliphatic rings. The quantitative estimate of drug-likeness (QED) is 0.607. The van der Waals surface area contributed by atoms with E-state index < -0.39 is 9.24 Å². The Balaban J connectivity index is 0. The Morgan fingerprint density at radius 3 is 1.44 bits per heavy atom. The van der Waals surface area contributed by atoms with Crippen LogP contribution in [0.3, 0.4) is 0 Å². The van der Waals surface area contributed by atoms with Crippen molar-refractivity contribution in [1.82, 2.24) is 0 Å². The van der Waals surface area contributed by atoms with E-state index >= 15 is 0 Å². The summed E-state index contributed by atoms with van der Waals surface area (Å²) in [7, 11) is 0.586. The lowest BCUT2D eigenvalue weighted by Crippen LogP contribution is -2.00. The number of hydrogen-bond donors (Lipinski definition) is 1. The highest BCUT2D eigenvalue weighted by molar-refractivity contribution is 8.11. The van der Waals surface area contributed by atoms with Crippen LogP contribution in [0.15, 0.2) is 0 Å². The van der Waals surface area contributed by atoms with E-state index in [9.17, 15) is 8.42 Å². The molecular formula is C4H12ClNO2S. The summed E-state index contributed by atoms with van der Waals surface area (Å²) in [6.45, 7) is 4.36. The van der Waals surface area contributed by atoms with Crippen LogP contribution in [0.25, 0.3) is 0 Å². The van der Waals surface area contributed by atoms with Crippen LogP contribution in [0.2, 0.25) is 0 Å². The summed E-state index contributed by atoms with van der Waals surface area (Å²) in [5.41, 5.74) is 0. The van der Waals surface area contributed by atoms with Crippen molar-refractivity contribution in [3.05, 3.63) is 0 Å². The summed E-state index contributed by atoms with van der Waals surface area (Å²) in [6, 6.07) is 0. The fourth-order valence-corrected chi connectivity index (χ4v) is 0. The third kappa shape index (κ3) is 219. The van der Waals surface area contributed by atoms with Crippen molar-refractivity contribution in [2.45, 2.75) is 26.7 Å². The molecule has 5 heteroatoms. The third-order valence-electron chi connectivity index (χ3n) is 0.500. The highest BCUT2D eigenvalue weighted by atomic mass is 35.7. The zero-order valence-corrected chi connectivity index (χ0v) is 7.17. The first-order chi connectivity index (χ1) is 3.91. The normalized spacial score (nSPS) is 9.78. The predicted molar refractivity (Wildman–Crippen MR) is 39.5 cm³/mol. The molecule has 0 aliphatic carbocycles. The van der Waals surface area contributed by atoms with E-state index in [1.165, 1.54) is 12.8 Å². The molecule has 0 atom stereocenters. The molecule has 0 fully saturated rings. The lowest BCUT2D eigenvalue weighted by molar-refractivity contribution is 0.611. The molecule has 58 valence electrons. The van der Waals surface area contributed by atoms with Crippen LogP contribution < -0.4 is 5.14 Å². The zero-order chi connectivity index (χ0) is 7.91. The molecule has 0 radical (unpaired) electrons. The van der Waals surface area contributed by atoms with E-state index in [0.29, 0.717) is 0 Å². The van der Waals surface area contributed by atoms with Crippen LogP contribution in [0.1, 0.15) is 26.7 Å². The molecule has 0 rings (SSSR count). The molecule has 0 heterocycles. The highest BCUT2D eigenvalue weighted by Crippen LogP contribution is 1.77. The van der Waals surface area contributed by atoms with Gasteiger partial charge in [0.2, 0.25) is 0 Å². The van der Waals surface area contributed by atoms with E-state index in [4.69, 9.17) is 0 Å². The van der Waals surface area contributed by atoms with Gasteiger partial charge in [0.1, 0.15) is 0 Å². The molecule has 0 saturated carbocycles. The topological polar surface area (TPSA) is 60.2 Å². The van der Waals surface area contributed by atoms with Crippen molar-refractivity contribution in [3.8, 4) is 0 Å². The highest BCUT2D eigenvalue weighted by Gasteiger charge is 1.83. The monoisotopic (exact) mass is 173 g/mol. The first-order valence-electron chi connectivity index (χ1n) is 2.64. The summed E-state index contributed by atoms with van der Waals surface area (Å²) in [6.07, 6.45) is 2.64. The van der Waals surface area contributed by atoms with Crippen molar-refractivity contribution >= 4 is 19.9 Å². The van der Waals surface area contributed by atoms with Crippen LogP contribution in [-0.2, 0) is 9.24 Å². The average Bonchev–Trinajstić information content (AvgIpc) is 1.61. The Morgan fingerprint density at radius 2 is 1.44 bits per heavy atom. The Kier molecular flexibility index (Phi) is 8.38. The van der Waals surface area contributed by atoms with Crippen molar-refractivity contribution in [1.29, 1.82) is 0 Å². The summed E-state index contributed by atoms with van der Waals surface area (Å²) in [5.74, 6) is 0. The molecule has 0 spiro atoms. The maximum Gasteiger partial charge on any atom is 0.294 e. The number of nitrogens with two attached hydrogens (primary N) is 1. The summed E-state index contributed by atoms with van der Waals surface area (Å²) in [5, 5.41) is 4.09. The van der Waals surface area contributed by atoms with E-state index in [2.05, 4.69) is 29.7 Å². The van der Waals surface area contributed by atoms with Crippen LogP contribution in [0, 0.1) is 0 Å². The van der Waals surface area contributed by atoms with E-state index in [0.717, 1.165) is 0 Å². The van der Waals surface area contributed by atoms with Gasteiger partial charge in [0.25, 0.3) is 9.24 Å². The van der Waals surface area contributed by atoms with Crippen LogP contribution in [0.5, 0.6) is 0 Å². The largest absolute Gasteiger partial charge is 0.294 e. The van der Waals surface area contributed by atoms with Crippen molar-refractivity contribution in [2.24, 2.45) is 5.14 Å². The molecule has 3 nitrogen and oxygen atoms in total. The summed E-state index contributed by atoms with van der Waals surface area (Å²) < 4.78 is 18.4. The average molecular weight is 174 g/mol. The molecule has 0 aromatic rings. The van der Waals surface area contributed by atoms with Gasteiger partial charge in [0, 0.05) is 10.7 Å². The van der Waals surface area contributed by atoms with Crippen molar-refractivity contribution in [2.75, 3.05) is 0 Å². The lowest BCUT2D eigenvalue weighted by atomic mass is 10.4. The minimum Gasteiger partial charge on any atom is -0.215 e. The second-order valence-corrected chi connectivity index (χ2v) is 3.72. The van der Waals surface area contributed by atoms with Crippen molar-refractivity contribution in [3.63, 3.8) is 0 Å². The van der Waals surface area contributed by atoms with Gasteiger partial charge in [-0.25, -0.2) is 5.14 Å². The Labute approximate surface area is 60.7 Å². The van der Waals surface area contributed by atoms with Gasteiger partial charge in [0.05, 0.1) is 0 Å². The SMILES string of the molecule is CCCC.NS(=O)(=O)Cl. The van der Waals surface area contributed by atoms with Gasteiger partial charge in [0.15, 0.2) is 0 Å². The molecule has 0 amide bonds. The second-order valence-electron chi connectivity index (χ2n) is 1.48. The van der Waals surface area contributed by atoms with E-state index in [-0.39, 0.29) is 0 Å². The maximum atomic E-state index is 9.18. The van der Waals surface area contributed by atoms with Gasteiger partial charge in [-0.1, -0.05) is 26.7 Å². The molecule has 0 aromatic heterocycles. The van der Waals surface area contributed by atoms with Gasteiger partial charge in [-0.2, -0.15) is 8.42 Å². The molecule has 9 heavy (non-hydrogen) atoms. The number of unbranched alkanes of at least 4 members (excludes halogenated alkanes) is 1. The molecule has 0 unspecified atom stereocenters. The fourth-order valence-electron chi connectivity index (χ4n) is 0. The van der Waals surface area contributed by atoms with Crippen LogP contribution in [0.4, 0.5) is 0 Å². The number of rotatable bonds is 1. The third-order valence-corrected chi connectivity index (χ3v) is 0.500. The predicted octanol–water partition coefficient (Wildman–Crippen LogP) is 1.24. The molecule has 0 aliphatic heterocycles. The van der Waals surface area contributed by atoms with E-state index in [1.54, 1.807) is 0 Å². The van der Waals surface area contributed by atoms with Crippen molar-refractivity contribution < 1.29 is 8.42 Å². The standard InChI is InChI=1S/C4H10.ClH2NO2S/c1-3-4-2;1-5(2,3)4/h3-4H2,1-2H3;(H2,2,3,4). The van der Waals surface area contributed by atoms with Gasteiger partial charge in [-0.3, -0.25) is 0 Å². The molecule has 0 bridgehead atoms. The maximum absolute atomic E-state index is 9.18. The number of hydrogen-bond acceptors (Lipinski definition) is 2.